The van der Waals surface area contributed by atoms with Crippen LogP contribution in [0.5, 0.6) is 0 Å². The van der Waals surface area contributed by atoms with Crippen molar-refractivity contribution in [3.8, 4) is 0 Å². The normalized spacial score (nSPS) is 14.5. The van der Waals surface area contributed by atoms with Crippen molar-refractivity contribution in [2.75, 3.05) is 5.32 Å². The number of anilines is 1. The molecule has 1 fully saturated rings. The van der Waals surface area contributed by atoms with Gasteiger partial charge in [-0.25, -0.2) is 14.6 Å². The van der Waals surface area contributed by atoms with Crippen LogP contribution in [0, 0.1) is 0 Å². The SMILES string of the molecule is CC(C)(C)OC(=O)Nc1nc(/C(=N/OC2(C(=O)OC(c3ccccc3)c3ccccc3)CC2)C(N)=O)cs1. The number of carbonyl (C=O) groups excluding carboxylic acids is 3. The zero-order valence-corrected chi connectivity index (χ0v) is 22.0. The van der Waals surface area contributed by atoms with Crippen molar-refractivity contribution in [1.29, 1.82) is 0 Å². The highest BCUT2D eigenvalue weighted by molar-refractivity contribution is 7.14. The molecule has 1 aromatic heterocycles. The maximum Gasteiger partial charge on any atom is 0.413 e. The first-order chi connectivity index (χ1) is 18.1. The Hall–Kier alpha value is -4.25. The van der Waals surface area contributed by atoms with E-state index in [1.807, 2.05) is 60.7 Å². The molecule has 1 heterocycles. The lowest BCUT2D eigenvalue weighted by atomic mass is 10.0. The maximum atomic E-state index is 13.2. The van der Waals surface area contributed by atoms with Gasteiger partial charge in [0.1, 0.15) is 11.3 Å². The molecule has 0 bridgehead atoms. The third kappa shape index (κ3) is 6.74. The van der Waals surface area contributed by atoms with Crippen molar-refractivity contribution in [3.05, 3.63) is 82.9 Å². The highest BCUT2D eigenvalue weighted by Gasteiger charge is 2.56. The number of hydrogen-bond acceptors (Lipinski definition) is 9. The number of primary amides is 1. The van der Waals surface area contributed by atoms with Gasteiger partial charge in [-0.2, -0.15) is 0 Å². The Bertz CT molecular complexity index is 1290. The highest BCUT2D eigenvalue weighted by Crippen LogP contribution is 2.43. The van der Waals surface area contributed by atoms with Crippen LogP contribution in [0.3, 0.4) is 0 Å². The summed E-state index contributed by atoms with van der Waals surface area (Å²) in [5, 5.41) is 8.05. The molecule has 0 saturated heterocycles. The van der Waals surface area contributed by atoms with Crippen LogP contribution < -0.4 is 11.1 Å². The number of carbonyl (C=O) groups is 3. The molecule has 2 amide bonds. The summed E-state index contributed by atoms with van der Waals surface area (Å²) in [5.41, 5.74) is 4.88. The summed E-state index contributed by atoms with van der Waals surface area (Å²) in [4.78, 5) is 47.1. The number of benzene rings is 2. The Labute approximate surface area is 223 Å². The number of ether oxygens (including phenoxy) is 2. The standard InChI is InChI=1S/C27H28N4O6S/c1-26(2,3)36-25(34)30-24-29-19(16-38-24)20(22(28)32)31-37-27(14-15-27)23(33)35-21(17-10-6-4-7-11-17)18-12-8-5-9-13-18/h4-13,16,21H,14-15H2,1-3H3,(H2,28,32)(H,29,30,34)/b31-20-. The van der Waals surface area contributed by atoms with Crippen LogP contribution in [0.15, 0.2) is 71.2 Å². The fourth-order valence-corrected chi connectivity index (χ4v) is 4.11. The number of aromatic nitrogens is 1. The van der Waals surface area contributed by atoms with Crippen LogP contribution in [0.25, 0.3) is 0 Å². The Morgan fingerprint density at radius 3 is 2.11 bits per heavy atom. The number of nitrogens with two attached hydrogens (primary N) is 1. The average molecular weight is 537 g/mol. The van der Waals surface area contributed by atoms with Crippen LogP contribution in [-0.2, 0) is 23.9 Å². The molecule has 1 aliphatic carbocycles. The molecule has 0 radical (unpaired) electrons. The second-order valence-electron chi connectivity index (χ2n) is 9.66. The lowest BCUT2D eigenvalue weighted by molar-refractivity contribution is -0.164. The lowest BCUT2D eigenvalue weighted by Gasteiger charge is -2.21. The second kappa shape index (κ2) is 11.0. The molecule has 1 saturated carbocycles. The molecule has 198 valence electrons. The van der Waals surface area contributed by atoms with Gasteiger partial charge >= 0.3 is 12.1 Å². The van der Waals surface area contributed by atoms with E-state index in [-0.39, 0.29) is 16.5 Å². The average Bonchev–Trinajstić information content (AvgIpc) is 3.53. The molecule has 11 heteroatoms. The molecule has 38 heavy (non-hydrogen) atoms. The van der Waals surface area contributed by atoms with Crippen LogP contribution in [-0.4, -0.2) is 39.9 Å². The number of esters is 1. The summed E-state index contributed by atoms with van der Waals surface area (Å²) < 4.78 is 11.1. The van der Waals surface area contributed by atoms with Crippen molar-refractivity contribution in [3.63, 3.8) is 0 Å². The molecular formula is C27H28N4O6S. The van der Waals surface area contributed by atoms with Crippen LogP contribution in [0.4, 0.5) is 9.93 Å². The van der Waals surface area contributed by atoms with Crippen LogP contribution >= 0.6 is 11.3 Å². The molecule has 2 aromatic carbocycles. The monoisotopic (exact) mass is 536 g/mol. The van der Waals surface area contributed by atoms with Gasteiger partial charge < -0.3 is 20.0 Å². The minimum atomic E-state index is -1.34. The zero-order chi connectivity index (χ0) is 27.3. The Morgan fingerprint density at radius 1 is 1.03 bits per heavy atom. The van der Waals surface area contributed by atoms with Crippen molar-refractivity contribution in [1.82, 2.24) is 4.98 Å². The number of nitrogens with zero attached hydrogens (tertiary/aromatic N) is 2. The summed E-state index contributed by atoms with van der Waals surface area (Å²) in [5.74, 6) is -1.51. The number of rotatable bonds is 9. The smallest absolute Gasteiger partial charge is 0.413 e. The van der Waals surface area contributed by atoms with Gasteiger partial charge in [0.25, 0.3) is 5.91 Å². The predicted molar refractivity (Wildman–Crippen MR) is 142 cm³/mol. The first-order valence-electron chi connectivity index (χ1n) is 11.9. The van der Waals surface area contributed by atoms with E-state index >= 15 is 0 Å². The maximum absolute atomic E-state index is 13.2. The van der Waals surface area contributed by atoms with Gasteiger partial charge in [0.15, 0.2) is 16.9 Å². The molecule has 10 nitrogen and oxygen atoms in total. The first-order valence-corrected chi connectivity index (χ1v) is 12.8. The molecule has 0 unspecified atom stereocenters. The van der Waals surface area contributed by atoms with Gasteiger partial charge in [-0.05, 0) is 31.9 Å². The number of hydrogen-bond donors (Lipinski definition) is 2. The Balaban J connectivity index is 1.49. The van der Waals surface area contributed by atoms with Crippen molar-refractivity contribution < 1.29 is 28.7 Å². The van der Waals surface area contributed by atoms with E-state index in [0.717, 1.165) is 22.5 Å². The topological polar surface area (TPSA) is 142 Å². The zero-order valence-electron chi connectivity index (χ0n) is 21.2. The van der Waals surface area contributed by atoms with Gasteiger partial charge in [-0.3, -0.25) is 10.1 Å². The molecule has 1 aliphatic rings. The lowest BCUT2D eigenvalue weighted by Crippen LogP contribution is -2.31. The third-order valence-electron chi connectivity index (χ3n) is 5.41. The highest BCUT2D eigenvalue weighted by atomic mass is 32.1. The van der Waals surface area contributed by atoms with Crippen molar-refractivity contribution >= 4 is 40.1 Å². The van der Waals surface area contributed by atoms with E-state index in [2.05, 4.69) is 15.5 Å². The molecule has 0 aliphatic heterocycles. The van der Waals surface area contributed by atoms with Crippen LogP contribution in [0.2, 0.25) is 0 Å². The Morgan fingerprint density at radius 2 is 1.61 bits per heavy atom. The van der Waals surface area contributed by atoms with Gasteiger partial charge in [0.05, 0.1) is 0 Å². The number of thiazole rings is 1. The van der Waals surface area contributed by atoms with E-state index in [0.29, 0.717) is 12.8 Å². The minimum Gasteiger partial charge on any atom is -0.450 e. The van der Waals surface area contributed by atoms with E-state index in [9.17, 15) is 14.4 Å². The summed E-state index contributed by atoms with van der Waals surface area (Å²) >= 11 is 1.05. The largest absolute Gasteiger partial charge is 0.450 e. The predicted octanol–water partition coefficient (Wildman–Crippen LogP) is 4.56. The Kier molecular flexibility index (Phi) is 7.77. The fourth-order valence-electron chi connectivity index (χ4n) is 3.43. The summed E-state index contributed by atoms with van der Waals surface area (Å²) in [7, 11) is 0. The molecular weight excluding hydrogens is 508 g/mol. The quantitative estimate of drug-likeness (QED) is 0.232. The van der Waals surface area contributed by atoms with Crippen LogP contribution in [0.1, 0.15) is 56.5 Å². The molecule has 0 atom stereocenters. The van der Waals surface area contributed by atoms with E-state index in [1.54, 1.807) is 20.8 Å². The van der Waals surface area contributed by atoms with Crippen molar-refractivity contribution in [2.24, 2.45) is 10.9 Å². The number of nitrogens with one attached hydrogen (secondary N) is 1. The van der Waals surface area contributed by atoms with Gasteiger partial charge in [-0.15, -0.1) is 11.3 Å². The van der Waals surface area contributed by atoms with E-state index in [4.69, 9.17) is 20.0 Å². The van der Waals surface area contributed by atoms with Gasteiger partial charge in [0.2, 0.25) is 5.60 Å². The van der Waals surface area contributed by atoms with E-state index in [1.165, 1.54) is 5.38 Å². The molecule has 0 spiro atoms. The van der Waals surface area contributed by atoms with Crippen molar-refractivity contribution in [2.45, 2.75) is 50.9 Å². The molecule has 3 N–H and O–H groups in total. The third-order valence-corrected chi connectivity index (χ3v) is 6.16. The summed E-state index contributed by atoms with van der Waals surface area (Å²) in [6, 6.07) is 18.7. The molecule has 4 rings (SSSR count). The van der Waals surface area contributed by atoms with E-state index < -0.39 is 35.3 Å². The van der Waals surface area contributed by atoms with Gasteiger partial charge in [-0.1, -0.05) is 65.8 Å². The number of amides is 2. The summed E-state index contributed by atoms with van der Waals surface area (Å²) in [6.07, 6.45) is -0.621. The molecule has 3 aromatic rings. The number of oxime groups is 1. The second-order valence-corrected chi connectivity index (χ2v) is 10.5. The van der Waals surface area contributed by atoms with Gasteiger partial charge in [0, 0.05) is 18.2 Å². The fraction of sp³-hybridized carbons (Fsp3) is 0.296. The first kappa shape index (κ1) is 26.8. The summed E-state index contributed by atoms with van der Waals surface area (Å²) in [6.45, 7) is 5.20. The minimum absolute atomic E-state index is 0.0872.